The number of aromatic nitrogens is 3. The van der Waals surface area contributed by atoms with Crippen molar-refractivity contribution in [2.45, 2.75) is 31.8 Å². The van der Waals surface area contributed by atoms with Crippen molar-refractivity contribution in [3.63, 3.8) is 0 Å². The summed E-state index contributed by atoms with van der Waals surface area (Å²) in [6, 6.07) is 26.2. The lowest BCUT2D eigenvalue weighted by Gasteiger charge is -2.11. The van der Waals surface area contributed by atoms with Gasteiger partial charge in [-0.2, -0.15) is 0 Å². The molecule has 0 unspecified atom stereocenters. The van der Waals surface area contributed by atoms with Crippen molar-refractivity contribution in [1.29, 1.82) is 0 Å². The quantitative estimate of drug-likeness (QED) is 0.352. The predicted octanol–water partition coefficient (Wildman–Crippen LogP) is 6.10. The molecule has 3 aromatic carbocycles. The van der Waals surface area contributed by atoms with Gasteiger partial charge in [0.15, 0.2) is 11.0 Å². The Bertz CT molecular complexity index is 1180. The van der Waals surface area contributed by atoms with Gasteiger partial charge in [0.1, 0.15) is 0 Å². The Kier molecular flexibility index (Phi) is 6.71. The number of thioether (sulfide) groups is 1. The second-order valence-electron chi connectivity index (χ2n) is 7.96. The molecule has 0 aliphatic carbocycles. The van der Waals surface area contributed by atoms with E-state index in [0.717, 1.165) is 22.8 Å². The molecule has 1 amide bonds. The normalized spacial score (nSPS) is 11.0. The number of aryl methyl sites for hydroxylation is 1. The van der Waals surface area contributed by atoms with Gasteiger partial charge < -0.3 is 5.32 Å². The molecular weight excluding hydrogens is 416 g/mol. The Balaban J connectivity index is 1.53. The zero-order chi connectivity index (χ0) is 22.5. The summed E-state index contributed by atoms with van der Waals surface area (Å²) in [5.41, 5.74) is 5.16. The minimum absolute atomic E-state index is 0.0768. The van der Waals surface area contributed by atoms with Crippen LogP contribution in [-0.4, -0.2) is 26.4 Å². The largest absolute Gasteiger partial charge is 0.325 e. The van der Waals surface area contributed by atoms with E-state index in [9.17, 15) is 4.79 Å². The third-order valence-corrected chi connectivity index (χ3v) is 6.08. The molecule has 0 saturated carbocycles. The number of carbonyl (C=O) groups is 1. The van der Waals surface area contributed by atoms with E-state index in [-0.39, 0.29) is 11.7 Å². The standard InChI is InChI=1S/C26H26N4OS/c1-18(2)20-11-13-22(14-12-20)27-24(31)17-32-26-29-28-25(21-7-5-4-6-8-21)30(26)23-15-9-19(3)10-16-23/h4-16,18H,17H2,1-3H3,(H,27,31). The van der Waals surface area contributed by atoms with Gasteiger partial charge in [-0.1, -0.05) is 85.8 Å². The molecule has 4 rings (SSSR count). The van der Waals surface area contributed by atoms with Crippen molar-refractivity contribution >= 4 is 23.4 Å². The van der Waals surface area contributed by atoms with E-state index < -0.39 is 0 Å². The molecule has 0 radical (unpaired) electrons. The molecule has 162 valence electrons. The van der Waals surface area contributed by atoms with Crippen molar-refractivity contribution in [2.24, 2.45) is 0 Å². The summed E-state index contributed by atoms with van der Waals surface area (Å²) < 4.78 is 2.00. The molecule has 0 bridgehead atoms. The van der Waals surface area contributed by atoms with Crippen molar-refractivity contribution in [2.75, 3.05) is 11.1 Å². The zero-order valence-electron chi connectivity index (χ0n) is 18.4. The van der Waals surface area contributed by atoms with E-state index in [0.29, 0.717) is 11.1 Å². The van der Waals surface area contributed by atoms with E-state index in [1.54, 1.807) is 0 Å². The minimum Gasteiger partial charge on any atom is -0.325 e. The van der Waals surface area contributed by atoms with Crippen LogP contribution in [0.25, 0.3) is 17.1 Å². The van der Waals surface area contributed by atoms with Gasteiger partial charge in [-0.05, 0) is 42.7 Å². The highest BCUT2D eigenvalue weighted by molar-refractivity contribution is 7.99. The van der Waals surface area contributed by atoms with Gasteiger partial charge in [-0.3, -0.25) is 9.36 Å². The first-order chi connectivity index (χ1) is 15.5. The average molecular weight is 443 g/mol. The highest BCUT2D eigenvalue weighted by Crippen LogP contribution is 2.28. The van der Waals surface area contributed by atoms with Crippen LogP contribution in [0.3, 0.4) is 0 Å². The van der Waals surface area contributed by atoms with Gasteiger partial charge in [0.2, 0.25) is 5.91 Å². The van der Waals surface area contributed by atoms with Crippen LogP contribution in [0.1, 0.15) is 30.9 Å². The van der Waals surface area contributed by atoms with Gasteiger partial charge in [-0.25, -0.2) is 0 Å². The zero-order valence-corrected chi connectivity index (χ0v) is 19.3. The number of nitrogens with zero attached hydrogens (tertiary/aromatic N) is 3. The second-order valence-corrected chi connectivity index (χ2v) is 8.90. The topological polar surface area (TPSA) is 59.8 Å². The summed E-state index contributed by atoms with van der Waals surface area (Å²) in [6.45, 7) is 6.36. The van der Waals surface area contributed by atoms with Crippen LogP contribution >= 0.6 is 11.8 Å². The number of hydrogen-bond acceptors (Lipinski definition) is 4. The molecule has 1 N–H and O–H groups in total. The van der Waals surface area contributed by atoms with Crippen molar-refractivity contribution in [1.82, 2.24) is 14.8 Å². The summed E-state index contributed by atoms with van der Waals surface area (Å²) in [6.07, 6.45) is 0. The molecule has 0 atom stereocenters. The molecule has 0 spiro atoms. The SMILES string of the molecule is Cc1ccc(-n2c(SCC(=O)Nc3ccc(C(C)C)cc3)nnc2-c2ccccc2)cc1. The summed E-state index contributed by atoms with van der Waals surface area (Å²) in [5, 5.41) is 12.5. The van der Waals surface area contributed by atoms with Gasteiger partial charge in [0.25, 0.3) is 0 Å². The third kappa shape index (κ3) is 5.08. The van der Waals surface area contributed by atoms with E-state index in [4.69, 9.17) is 0 Å². The Labute approximate surface area is 192 Å². The van der Waals surface area contributed by atoms with Crippen LogP contribution in [0.4, 0.5) is 5.69 Å². The number of anilines is 1. The first kappa shape index (κ1) is 21.8. The number of carbonyl (C=O) groups excluding carboxylic acids is 1. The van der Waals surface area contributed by atoms with Crippen molar-refractivity contribution < 1.29 is 4.79 Å². The molecule has 0 aliphatic rings. The van der Waals surface area contributed by atoms with Crippen molar-refractivity contribution in [3.05, 3.63) is 90.0 Å². The number of hydrogen-bond donors (Lipinski definition) is 1. The van der Waals surface area contributed by atoms with Crippen LogP contribution in [-0.2, 0) is 4.79 Å². The number of amides is 1. The van der Waals surface area contributed by atoms with E-state index in [1.165, 1.54) is 22.9 Å². The second kappa shape index (κ2) is 9.83. The van der Waals surface area contributed by atoms with E-state index in [2.05, 4.69) is 48.4 Å². The minimum atomic E-state index is -0.0768. The molecule has 1 heterocycles. The van der Waals surface area contributed by atoms with E-state index >= 15 is 0 Å². The van der Waals surface area contributed by atoms with E-state index in [1.807, 2.05) is 71.3 Å². The predicted molar refractivity (Wildman–Crippen MR) is 131 cm³/mol. The molecule has 32 heavy (non-hydrogen) atoms. The number of benzene rings is 3. The van der Waals surface area contributed by atoms with Gasteiger partial charge in [0.05, 0.1) is 5.75 Å². The lowest BCUT2D eigenvalue weighted by molar-refractivity contribution is -0.113. The maximum atomic E-state index is 12.6. The third-order valence-electron chi connectivity index (χ3n) is 5.15. The fraction of sp³-hybridized carbons (Fsp3) is 0.192. The maximum Gasteiger partial charge on any atom is 0.234 e. The first-order valence-corrected chi connectivity index (χ1v) is 11.6. The molecule has 6 heteroatoms. The smallest absolute Gasteiger partial charge is 0.234 e. The highest BCUT2D eigenvalue weighted by Gasteiger charge is 2.17. The average Bonchev–Trinajstić information content (AvgIpc) is 3.23. The fourth-order valence-corrected chi connectivity index (χ4v) is 4.09. The number of nitrogens with one attached hydrogen (secondary N) is 1. The van der Waals surface area contributed by atoms with Crippen LogP contribution in [0.15, 0.2) is 84.0 Å². The van der Waals surface area contributed by atoms with Crippen molar-refractivity contribution in [3.8, 4) is 17.1 Å². The maximum absolute atomic E-state index is 12.6. The molecule has 1 aromatic heterocycles. The summed E-state index contributed by atoms with van der Waals surface area (Å²) in [4.78, 5) is 12.6. The van der Waals surface area contributed by atoms with Gasteiger partial charge in [0, 0.05) is 16.9 Å². The summed E-state index contributed by atoms with van der Waals surface area (Å²) in [5.74, 6) is 1.38. The molecule has 5 nitrogen and oxygen atoms in total. The van der Waals surface area contributed by atoms with Crippen LogP contribution in [0.2, 0.25) is 0 Å². The molecule has 0 saturated heterocycles. The van der Waals surface area contributed by atoms with Gasteiger partial charge in [-0.15, -0.1) is 10.2 Å². The Morgan fingerprint density at radius 1 is 0.938 bits per heavy atom. The molecular formula is C26H26N4OS. The molecule has 0 aliphatic heterocycles. The summed E-state index contributed by atoms with van der Waals surface area (Å²) in [7, 11) is 0. The Hall–Kier alpha value is -3.38. The number of rotatable bonds is 7. The van der Waals surface area contributed by atoms with Crippen LogP contribution < -0.4 is 5.32 Å². The Morgan fingerprint density at radius 3 is 2.28 bits per heavy atom. The highest BCUT2D eigenvalue weighted by atomic mass is 32.2. The lowest BCUT2D eigenvalue weighted by Crippen LogP contribution is -2.14. The molecule has 4 aromatic rings. The lowest BCUT2D eigenvalue weighted by atomic mass is 10.0. The monoisotopic (exact) mass is 442 g/mol. The Morgan fingerprint density at radius 2 is 1.62 bits per heavy atom. The fourth-order valence-electron chi connectivity index (χ4n) is 3.34. The summed E-state index contributed by atoms with van der Waals surface area (Å²) >= 11 is 1.37. The van der Waals surface area contributed by atoms with Crippen LogP contribution in [0, 0.1) is 6.92 Å². The first-order valence-electron chi connectivity index (χ1n) is 10.6. The van der Waals surface area contributed by atoms with Crippen LogP contribution in [0.5, 0.6) is 0 Å². The van der Waals surface area contributed by atoms with Gasteiger partial charge >= 0.3 is 0 Å². The molecule has 0 fully saturated rings.